The first-order valence-electron chi connectivity index (χ1n) is 6.35. The van der Waals surface area contributed by atoms with Crippen molar-refractivity contribution < 1.29 is 19.7 Å². The van der Waals surface area contributed by atoms with Gasteiger partial charge in [-0.2, -0.15) is 5.26 Å². The standard InChI is InChI=1S/C15H15N3O4/c1-17(2)15(21)12-14(20)13(19)11(8-16)18(12)9-4-6-10(22-3)7-5-9/h4-7,19-20H,1-3H3. The van der Waals surface area contributed by atoms with E-state index in [0.29, 0.717) is 11.4 Å². The maximum absolute atomic E-state index is 12.3. The lowest BCUT2D eigenvalue weighted by Crippen LogP contribution is -2.24. The first-order valence-corrected chi connectivity index (χ1v) is 6.35. The molecule has 114 valence electrons. The maximum atomic E-state index is 12.3. The minimum Gasteiger partial charge on any atom is -0.503 e. The first kappa shape index (κ1) is 15.3. The van der Waals surface area contributed by atoms with Gasteiger partial charge in [-0.1, -0.05) is 0 Å². The molecule has 0 radical (unpaired) electrons. The summed E-state index contributed by atoms with van der Waals surface area (Å²) >= 11 is 0. The van der Waals surface area contributed by atoms with Crippen LogP contribution in [0.3, 0.4) is 0 Å². The monoisotopic (exact) mass is 301 g/mol. The van der Waals surface area contributed by atoms with Crippen LogP contribution in [0.25, 0.3) is 5.69 Å². The molecule has 0 fully saturated rings. The fraction of sp³-hybridized carbons (Fsp3) is 0.200. The van der Waals surface area contributed by atoms with Gasteiger partial charge in [0.15, 0.2) is 22.9 Å². The van der Waals surface area contributed by atoms with Crippen LogP contribution in [0, 0.1) is 11.3 Å². The number of aromatic nitrogens is 1. The molecule has 0 bridgehead atoms. The SMILES string of the molecule is COc1ccc(-n2c(C#N)c(O)c(O)c2C(=O)N(C)C)cc1. The predicted molar refractivity (Wildman–Crippen MR) is 78.4 cm³/mol. The summed E-state index contributed by atoms with van der Waals surface area (Å²) in [5.74, 6) is -1.18. The van der Waals surface area contributed by atoms with Gasteiger partial charge in [-0.25, -0.2) is 0 Å². The molecule has 2 rings (SSSR count). The third-order valence-corrected chi connectivity index (χ3v) is 3.17. The van der Waals surface area contributed by atoms with E-state index in [2.05, 4.69) is 0 Å². The van der Waals surface area contributed by atoms with Gasteiger partial charge in [-0.15, -0.1) is 0 Å². The molecular weight excluding hydrogens is 286 g/mol. The van der Waals surface area contributed by atoms with E-state index < -0.39 is 17.4 Å². The second-order valence-corrected chi connectivity index (χ2v) is 4.74. The topological polar surface area (TPSA) is 98.7 Å². The number of hydrogen-bond donors (Lipinski definition) is 2. The highest BCUT2D eigenvalue weighted by molar-refractivity contribution is 5.97. The molecule has 0 atom stereocenters. The number of nitriles is 1. The van der Waals surface area contributed by atoms with Crippen LogP contribution in [-0.4, -0.2) is 46.8 Å². The van der Waals surface area contributed by atoms with Gasteiger partial charge >= 0.3 is 0 Å². The molecule has 0 aliphatic rings. The molecule has 0 aliphatic heterocycles. The number of rotatable bonds is 3. The number of carbonyl (C=O) groups is 1. The van der Waals surface area contributed by atoms with Gasteiger partial charge in [0.25, 0.3) is 5.91 Å². The van der Waals surface area contributed by atoms with Gasteiger partial charge in [0.1, 0.15) is 11.8 Å². The van der Waals surface area contributed by atoms with Crippen LogP contribution in [0.15, 0.2) is 24.3 Å². The summed E-state index contributed by atoms with van der Waals surface area (Å²) in [7, 11) is 4.54. The van der Waals surface area contributed by atoms with E-state index in [1.165, 1.54) is 30.7 Å². The van der Waals surface area contributed by atoms with Crippen molar-refractivity contribution in [2.75, 3.05) is 21.2 Å². The molecule has 1 aromatic heterocycles. The van der Waals surface area contributed by atoms with E-state index in [1.54, 1.807) is 30.3 Å². The molecule has 7 nitrogen and oxygen atoms in total. The average Bonchev–Trinajstić information content (AvgIpc) is 2.78. The molecule has 1 aromatic carbocycles. The lowest BCUT2D eigenvalue weighted by atomic mass is 10.2. The normalized spacial score (nSPS) is 10.1. The van der Waals surface area contributed by atoms with Crippen molar-refractivity contribution in [1.82, 2.24) is 9.47 Å². The number of aromatic hydroxyl groups is 2. The predicted octanol–water partition coefficient (Wildman–Crippen LogP) is 1.47. The number of ether oxygens (including phenoxy) is 1. The fourth-order valence-corrected chi connectivity index (χ4v) is 2.05. The van der Waals surface area contributed by atoms with Gasteiger partial charge in [-0.05, 0) is 24.3 Å². The highest BCUT2D eigenvalue weighted by Crippen LogP contribution is 2.38. The highest BCUT2D eigenvalue weighted by Gasteiger charge is 2.29. The van der Waals surface area contributed by atoms with Crippen LogP contribution in [0.1, 0.15) is 16.2 Å². The number of methoxy groups -OCH3 is 1. The molecule has 0 aliphatic carbocycles. The van der Waals surface area contributed by atoms with Gasteiger partial charge in [-0.3, -0.25) is 9.36 Å². The number of benzene rings is 1. The second-order valence-electron chi connectivity index (χ2n) is 4.74. The van der Waals surface area contributed by atoms with E-state index in [0.717, 1.165) is 0 Å². The lowest BCUT2D eigenvalue weighted by Gasteiger charge is -2.14. The summed E-state index contributed by atoms with van der Waals surface area (Å²) in [5, 5.41) is 29.1. The molecule has 2 aromatic rings. The Labute approximate surface area is 127 Å². The van der Waals surface area contributed by atoms with E-state index in [4.69, 9.17) is 4.74 Å². The number of hydrogen-bond acceptors (Lipinski definition) is 5. The van der Waals surface area contributed by atoms with Gasteiger partial charge in [0, 0.05) is 19.8 Å². The van der Waals surface area contributed by atoms with E-state index in [-0.39, 0.29) is 11.4 Å². The average molecular weight is 301 g/mol. The Bertz CT molecular complexity index is 755. The van der Waals surface area contributed by atoms with Crippen molar-refractivity contribution in [3.8, 4) is 29.0 Å². The van der Waals surface area contributed by atoms with E-state index in [9.17, 15) is 20.3 Å². The molecule has 7 heteroatoms. The van der Waals surface area contributed by atoms with Gasteiger partial charge in [0.2, 0.25) is 0 Å². The Kier molecular flexibility index (Phi) is 3.95. The van der Waals surface area contributed by atoms with E-state index in [1.807, 2.05) is 0 Å². The van der Waals surface area contributed by atoms with Crippen molar-refractivity contribution in [3.05, 3.63) is 35.7 Å². The largest absolute Gasteiger partial charge is 0.503 e. The minimum atomic E-state index is -0.622. The fourth-order valence-electron chi connectivity index (χ4n) is 2.05. The van der Waals surface area contributed by atoms with Gasteiger partial charge in [0.05, 0.1) is 7.11 Å². The summed E-state index contributed by atoms with van der Waals surface area (Å²) in [4.78, 5) is 13.5. The van der Waals surface area contributed by atoms with Crippen molar-refractivity contribution >= 4 is 5.91 Å². The van der Waals surface area contributed by atoms with Crippen molar-refractivity contribution in [1.29, 1.82) is 5.26 Å². The molecule has 0 saturated heterocycles. The second kappa shape index (κ2) is 5.69. The van der Waals surface area contributed by atoms with Crippen LogP contribution < -0.4 is 4.74 Å². The summed E-state index contributed by atoms with van der Waals surface area (Å²) < 4.78 is 6.27. The van der Waals surface area contributed by atoms with E-state index >= 15 is 0 Å². The summed E-state index contributed by atoms with van der Waals surface area (Å²) in [6.45, 7) is 0. The molecule has 2 N–H and O–H groups in total. The maximum Gasteiger partial charge on any atom is 0.274 e. The minimum absolute atomic E-state index is 0.177. The number of nitrogens with zero attached hydrogens (tertiary/aromatic N) is 3. The first-order chi connectivity index (χ1) is 10.4. The Morgan fingerprint density at radius 1 is 1.23 bits per heavy atom. The van der Waals surface area contributed by atoms with Gasteiger partial charge < -0.3 is 19.8 Å². The van der Waals surface area contributed by atoms with Crippen molar-refractivity contribution in [3.63, 3.8) is 0 Å². The molecular formula is C15H15N3O4. The Morgan fingerprint density at radius 3 is 2.27 bits per heavy atom. The Hall–Kier alpha value is -3.14. The molecule has 22 heavy (non-hydrogen) atoms. The highest BCUT2D eigenvalue weighted by atomic mass is 16.5. The third-order valence-electron chi connectivity index (χ3n) is 3.17. The molecule has 0 unspecified atom stereocenters. The number of carbonyl (C=O) groups excluding carboxylic acids is 1. The molecule has 0 saturated carbocycles. The Morgan fingerprint density at radius 2 is 1.82 bits per heavy atom. The molecule has 1 amide bonds. The number of amides is 1. The van der Waals surface area contributed by atoms with Crippen molar-refractivity contribution in [2.24, 2.45) is 0 Å². The lowest BCUT2D eigenvalue weighted by molar-refractivity contribution is 0.0816. The van der Waals surface area contributed by atoms with Crippen LogP contribution in [0.2, 0.25) is 0 Å². The summed E-state index contributed by atoms with van der Waals surface area (Å²) in [5.41, 5.74) is 0.0511. The zero-order valence-corrected chi connectivity index (χ0v) is 12.4. The van der Waals surface area contributed by atoms with Crippen LogP contribution >= 0.6 is 0 Å². The van der Waals surface area contributed by atoms with Crippen LogP contribution in [-0.2, 0) is 0 Å². The van der Waals surface area contributed by atoms with Crippen molar-refractivity contribution in [2.45, 2.75) is 0 Å². The van der Waals surface area contributed by atoms with Crippen LogP contribution in [0.4, 0.5) is 0 Å². The van der Waals surface area contributed by atoms with Crippen LogP contribution in [0.5, 0.6) is 17.2 Å². The third kappa shape index (κ3) is 2.31. The summed E-state index contributed by atoms with van der Waals surface area (Å²) in [6.07, 6.45) is 0. The molecule has 1 heterocycles. The summed E-state index contributed by atoms with van der Waals surface area (Å²) in [6, 6.07) is 8.32. The Balaban J connectivity index is 2.74. The smallest absolute Gasteiger partial charge is 0.274 e. The quantitative estimate of drug-likeness (QED) is 0.894. The zero-order valence-electron chi connectivity index (χ0n) is 12.4. The zero-order chi connectivity index (χ0) is 16.4. The molecule has 0 spiro atoms.